The number of nitrogens with one attached hydrogen (secondary N) is 1. The first kappa shape index (κ1) is 22.7. The highest BCUT2D eigenvalue weighted by Crippen LogP contribution is 2.12. The quantitative estimate of drug-likeness (QED) is 0.704. The lowest BCUT2D eigenvalue weighted by atomic mass is 10.0. The van der Waals surface area contributed by atoms with E-state index in [-0.39, 0.29) is 17.7 Å². The van der Waals surface area contributed by atoms with Crippen LogP contribution in [-0.4, -0.2) is 67.0 Å². The van der Waals surface area contributed by atoms with Crippen molar-refractivity contribution in [1.29, 1.82) is 0 Å². The van der Waals surface area contributed by atoms with Gasteiger partial charge in [0.05, 0.1) is 0 Å². The van der Waals surface area contributed by atoms with E-state index in [1.165, 1.54) is 24.3 Å². The second-order valence-electron chi connectivity index (χ2n) is 8.03. The van der Waals surface area contributed by atoms with Gasteiger partial charge in [0.15, 0.2) is 0 Å². The molecular weight excluding hydrogens is 397 g/mol. The van der Waals surface area contributed by atoms with Crippen LogP contribution in [0.4, 0.5) is 4.39 Å². The van der Waals surface area contributed by atoms with Crippen molar-refractivity contribution in [1.82, 2.24) is 15.1 Å². The number of hydrogen-bond donors (Lipinski definition) is 1. The van der Waals surface area contributed by atoms with Gasteiger partial charge in [-0.25, -0.2) is 4.39 Å². The number of halogens is 1. The highest BCUT2D eigenvalue weighted by molar-refractivity contribution is 5.97. The smallest absolute Gasteiger partial charge is 0.251 e. The molecule has 1 N–H and O–H groups in total. The van der Waals surface area contributed by atoms with Crippen LogP contribution in [0, 0.1) is 11.7 Å². The highest BCUT2D eigenvalue weighted by atomic mass is 19.1. The molecule has 0 aliphatic carbocycles. The van der Waals surface area contributed by atoms with Gasteiger partial charge in [0.25, 0.3) is 5.91 Å². The molecular formula is C24H30FN3O3. The average molecular weight is 428 g/mol. The van der Waals surface area contributed by atoms with Crippen molar-refractivity contribution in [3.8, 4) is 5.75 Å². The Kier molecular flexibility index (Phi) is 8.00. The van der Waals surface area contributed by atoms with Crippen LogP contribution in [0.25, 0.3) is 0 Å². The Bertz CT molecular complexity index is 850. The zero-order valence-electron chi connectivity index (χ0n) is 18.1. The van der Waals surface area contributed by atoms with Crippen molar-refractivity contribution >= 4 is 11.8 Å². The van der Waals surface area contributed by atoms with Crippen LogP contribution in [0.15, 0.2) is 54.6 Å². The summed E-state index contributed by atoms with van der Waals surface area (Å²) in [6.07, 6.45) is 0. The van der Waals surface area contributed by atoms with E-state index in [0.29, 0.717) is 25.3 Å². The fourth-order valence-electron chi connectivity index (χ4n) is 3.54. The molecule has 0 radical (unpaired) electrons. The number of piperazine rings is 1. The fraction of sp³-hybridized carbons (Fsp3) is 0.417. The van der Waals surface area contributed by atoms with Crippen molar-refractivity contribution < 1.29 is 18.7 Å². The van der Waals surface area contributed by atoms with Gasteiger partial charge >= 0.3 is 0 Å². The molecule has 31 heavy (non-hydrogen) atoms. The molecule has 1 aliphatic rings. The Morgan fingerprint density at radius 3 is 2.26 bits per heavy atom. The summed E-state index contributed by atoms with van der Waals surface area (Å²) in [5.74, 6) is -0.0587. The molecule has 1 fully saturated rings. The number of carbonyl (C=O) groups is 2. The van der Waals surface area contributed by atoms with Crippen LogP contribution in [0.2, 0.25) is 0 Å². The Balaban J connectivity index is 1.47. The Morgan fingerprint density at radius 2 is 1.65 bits per heavy atom. The first-order chi connectivity index (χ1) is 14.9. The van der Waals surface area contributed by atoms with Gasteiger partial charge < -0.3 is 15.0 Å². The maximum atomic E-state index is 13.1. The molecule has 166 valence electrons. The van der Waals surface area contributed by atoms with E-state index < -0.39 is 11.9 Å². The summed E-state index contributed by atoms with van der Waals surface area (Å²) in [7, 11) is 0. The molecule has 2 aromatic rings. The largest absolute Gasteiger partial charge is 0.492 e. The predicted octanol–water partition coefficient (Wildman–Crippen LogP) is 2.80. The molecule has 1 atom stereocenters. The van der Waals surface area contributed by atoms with E-state index in [9.17, 15) is 14.0 Å². The molecule has 1 aliphatic heterocycles. The predicted molar refractivity (Wildman–Crippen MR) is 117 cm³/mol. The average Bonchev–Trinajstić information content (AvgIpc) is 2.78. The van der Waals surface area contributed by atoms with Crippen LogP contribution in [0.5, 0.6) is 5.75 Å². The number of carbonyl (C=O) groups excluding carboxylic acids is 2. The molecule has 1 unspecified atom stereocenters. The van der Waals surface area contributed by atoms with Crippen molar-refractivity contribution in [2.45, 2.75) is 19.9 Å². The first-order valence-corrected chi connectivity index (χ1v) is 10.7. The van der Waals surface area contributed by atoms with Crippen LogP contribution >= 0.6 is 0 Å². The number of para-hydroxylation sites is 1. The number of hydrogen-bond acceptors (Lipinski definition) is 4. The zero-order valence-corrected chi connectivity index (χ0v) is 18.1. The second-order valence-corrected chi connectivity index (χ2v) is 8.03. The zero-order chi connectivity index (χ0) is 22.2. The molecule has 0 spiro atoms. The second kappa shape index (κ2) is 10.9. The summed E-state index contributed by atoms with van der Waals surface area (Å²) in [5, 5.41) is 2.83. The van der Waals surface area contributed by atoms with Crippen molar-refractivity contribution in [3.05, 3.63) is 66.0 Å². The molecule has 2 amide bonds. The van der Waals surface area contributed by atoms with Crippen molar-refractivity contribution in [2.24, 2.45) is 5.92 Å². The van der Waals surface area contributed by atoms with Gasteiger partial charge in [0.2, 0.25) is 5.91 Å². The maximum absolute atomic E-state index is 13.1. The van der Waals surface area contributed by atoms with E-state index in [0.717, 1.165) is 25.4 Å². The first-order valence-electron chi connectivity index (χ1n) is 10.7. The van der Waals surface area contributed by atoms with Gasteiger partial charge in [-0.1, -0.05) is 32.0 Å². The van der Waals surface area contributed by atoms with E-state index in [1.54, 1.807) is 0 Å². The van der Waals surface area contributed by atoms with Crippen LogP contribution in [0.1, 0.15) is 24.2 Å². The molecule has 0 saturated carbocycles. The fourth-order valence-corrected chi connectivity index (χ4v) is 3.54. The van der Waals surface area contributed by atoms with Gasteiger partial charge in [0, 0.05) is 38.3 Å². The van der Waals surface area contributed by atoms with E-state index >= 15 is 0 Å². The molecule has 6 nitrogen and oxygen atoms in total. The standard InChI is InChI=1S/C24H30FN3O3/c1-18(2)22(26-23(29)19-8-10-20(25)11-9-19)24(30)28-14-12-27(13-15-28)16-17-31-21-6-4-3-5-7-21/h3-11,18,22H,12-17H2,1-2H3,(H,26,29). The van der Waals surface area contributed by atoms with E-state index in [4.69, 9.17) is 4.74 Å². The minimum atomic E-state index is -0.620. The summed E-state index contributed by atoms with van der Waals surface area (Å²) < 4.78 is 18.9. The number of benzene rings is 2. The summed E-state index contributed by atoms with van der Waals surface area (Å²) >= 11 is 0. The van der Waals surface area contributed by atoms with Gasteiger partial charge in [0.1, 0.15) is 24.2 Å². The number of nitrogens with zero attached hydrogens (tertiary/aromatic N) is 2. The lowest BCUT2D eigenvalue weighted by Crippen LogP contribution is -2.56. The topological polar surface area (TPSA) is 61.9 Å². The molecule has 3 rings (SSSR count). The molecule has 1 heterocycles. The monoisotopic (exact) mass is 427 g/mol. The summed E-state index contributed by atoms with van der Waals surface area (Å²) in [6, 6.07) is 14.4. The van der Waals surface area contributed by atoms with Crippen molar-refractivity contribution in [3.63, 3.8) is 0 Å². The Morgan fingerprint density at radius 1 is 1.00 bits per heavy atom. The van der Waals surface area contributed by atoms with Gasteiger partial charge in [-0.05, 0) is 42.3 Å². The number of amides is 2. The van der Waals surface area contributed by atoms with Gasteiger partial charge in [-0.2, -0.15) is 0 Å². The lowest BCUT2D eigenvalue weighted by molar-refractivity contribution is -0.136. The third kappa shape index (κ3) is 6.52. The summed E-state index contributed by atoms with van der Waals surface area (Å²) in [5.41, 5.74) is 0.336. The normalized spacial score (nSPS) is 15.5. The molecule has 0 bridgehead atoms. The number of ether oxygens (including phenoxy) is 1. The Hall–Kier alpha value is -2.93. The molecule has 1 saturated heterocycles. The Labute approximate surface area is 183 Å². The summed E-state index contributed by atoms with van der Waals surface area (Å²) in [4.78, 5) is 29.7. The van der Waals surface area contributed by atoms with Gasteiger partial charge in [-0.3, -0.25) is 14.5 Å². The van der Waals surface area contributed by atoms with Crippen LogP contribution < -0.4 is 10.1 Å². The molecule has 7 heteroatoms. The highest BCUT2D eigenvalue weighted by Gasteiger charge is 2.30. The molecule has 0 aromatic heterocycles. The minimum Gasteiger partial charge on any atom is -0.492 e. The third-order valence-corrected chi connectivity index (χ3v) is 5.43. The lowest BCUT2D eigenvalue weighted by Gasteiger charge is -2.37. The molecule has 2 aromatic carbocycles. The van der Waals surface area contributed by atoms with Crippen LogP contribution in [0.3, 0.4) is 0 Å². The van der Waals surface area contributed by atoms with Crippen molar-refractivity contribution in [2.75, 3.05) is 39.3 Å². The third-order valence-electron chi connectivity index (χ3n) is 5.43. The maximum Gasteiger partial charge on any atom is 0.251 e. The van der Waals surface area contributed by atoms with Crippen LogP contribution in [-0.2, 0) is 4.79 Å². The number of rotatable bonds is 8. The summed E-state index contributed by atoms with van der Waals surface area (Å²) in [6.45, 7) is 7.96. The SMILES string of the molecule is CC(C)C(NC(=O)c1ccc(F)cc1)C(=O)N1CCN(CCOc2ccccc2)CC1. The van der Waals surface area contributed by atoms with E-state index in [2.05, 4.69) is 10.2 Å². The van der Waals surface area contributed by atoms with Gasteiger partial charge in [-0.15, -0.1) is 0 Å². The van der Waals surface area contributed by atoms with E-state index in [1.807, 2.05) is 49.1 Å². The minimum absolute atomic E-state index is 0.0609.